The normalized spacial score (nSPS) is 10.4. The molecule has 78 valence electrons. The molecule has 0 aromatic carbocycles. The van der Waals surface area contributed by atoms with Gasteiger partial charge in [-0.3, -0.25) is 0 Å². The Morgan fingerprint density at radius 2 is 2.14 bits per heavy atom. The van der Waals surface area contributed by atoms with Crippen LogP contribution in [0.25, 0.3) is 0 Å². The summed E-state index contributed by atoms with van der Waals surface area (Å²) in [6.07, 6.45) is -2.58. The molecule has 1 aromatic rings. The Labute approximate surface area is 83.5 Å². The number of aromatic nitrogens is 3. The molecule has 0 saturated heterocycles. The number of alkyl halides is 2. The van der Waals surface area contributed by atoms with Crippen molar-refractivity contribution >= 4 is 17.5 Å². The van der Waals surface area contributed by atoms with E-state index in [2.05, 4.69) is 25.0 Å². The Hall–Kier alpha value is -1.24. The molecular weight excluding hydrogens is 218 g/mol. The first-order valence-electron chi connectivity index (χ1n) is 3.62. The number of anilines is 1. The average Bonchev–Trinajstić information content (AvgIpc) is 2.14. The predicted octanol–water partition coefficient (Wildman–Crippen LogP) is 1.21. The molecule has 0 aliphatic rings. The maximum absolute atomic E-state index is 11.8. The summed E-state index contributed by atoms with van der Waals surface area (Å²) in [7, 11) is 1.56. The van der Waals surface area contributed by atoms with Crippen molar-refractivity contribution in [2.24, 2.45) is 0 Å². The van der Waals surface area contributed by atoms with Gasteiger partial charge in [-0.25, -0.2) is 8.78 Å². The minimum absolute atomic E-state index is 0.117. The number of ether oxygens (including phenoxy) is 1. The molecule has 14 heavy (non-hydrogen) atoms. The van der Waals surface area contributed by atoms with Crippen LogP contribution in [0, 0.1) is 0 Å². The van der Waals surface area contributed by atoms with E-state index in [1.54, 1.807) is 7.05 Å². The lowest BCUT2D eigenvalue weighted by Crippen LogP contribution is -2.10. The first-order valence-corrected chi connectivity index (χ1v) is 4.00. The van der Waals surface area contributed by atoms with Gasteiger partial charge in [-0.05, 0) is 11.6 Å². The molecule has 0 bridgehead atoms. The van der Waals surface area contributed by atoms with Crippen LogP contribution < -0.4 is 10.1 Å². The van der Waals surface area contributed by atoms with E-state index < -0.39 is 13.0 Å². The van der Waals surface area contributed by atoms with E-state index in [1.165, 1.54) is 0 Å². The van der Waals surface area contributed by atoms with Crippen LogP contribution in [0.4, 0.5) is 14.7 Å². The smallest absolute Gasteiger partial charge is 0.322 e. The van der Waals surface area contributed by atoms with E-state index in [0.29, 0.717) is 0 Å². The molecule has 0 spiro atoms. The predicted molar refractivity (Wildman–Crippen MR) is 45.9 cm³/mol. The molecule has 0 aliphatic heterocycles. The summed E-state index contributed by atoms with van der Waals surface area (Å²) in [6, 6.07) is -0.227. The number of hydrogen-bond acceptors (Lipinski definition) is 5. The number of nitrogens with one attached hydrogen (secondary N) is 1. The lowest BCUT2D eigenvalue weighted by atomic mass is 10.8. The van der Waals surface area contributed by atoms with Crippen molar-refractivity contribution in [2.45, 2.75) is 6.43 Å². The maximum atomic E-state index is 11.8. The van der Waals surface area contributed by atoms with Gasteiger partial charge in [0.2, 0.25) is 11.2 Å². The highest BCUT2D eigenvalue weighted by Crippen LogP contribution is 2.11. The van der Waals surface area contributed by atoms with Gasteiger partial charge in [0.05, 0.1) is 0 Å². The van der Waals surface area contributed by atoms with E-state index >= 15 is 0 Å². The first kappa shape index (κ1) is 10.8. The Bertz CT molecular complexity index is 312. The molecule has 0 atom stereocenters. The second-order valence-corrected chi connectivity index (χ2v) is 2.50. The monoisotopic (exact) mass is 224 g/mol. The van der Waals surface area contributed by atoms with Crippen molar-refractivity contribution in [1.82, 2.24) is 15.0 Å². The third-order valence-electron chi connectivity index (χ3n) is 1.15. The topological polar surface area (TPSA) is 59.9 Å². The quantitative estimate of drug-likeness (QED) is 0.833. The molecular formula is C6H7ClF2N4O. The van der Waals surface area contributed by atoms with Gasteiger partial charge in [0, 0.05) is 7.05 Å². The van der Waals surface area contributed by atoms with Crippen LogP contribution in [0.15, 0.2) is 0 Å². The Kier molecular flexibility index (Phi) is 3.75. The number of nitrogens with zero attached hydrogens (tertiary/aromatic N) is 3. The summed E-state index contributed by atoms with van der Waals surface area (Å²) in [5, 5.41) is 2.46. The highest BCUT2D eigenvalue weighted by Gasteiger charge is 2.08. The van der Waals surface area contributed by atoms with E-state index in [1.807, 2.05) is 0 Å². The standard InChI is InChI=1S/C6H7ClF2N4O/c1-10-5-11-4(7)12-6(13-5)14-2-3(8)9/h3H,2H2,1H3,(H,10,11,12,13). The molecule has 0 amide bonds. The molecule has 0 unspecified atom stereocenters. The van der Waals surface area contributed by atoms with Crippen molar-refractivity contribution in [3.63, 3.8) is 0 Å². The molecule has 5 nitrogen and oxygen atoms in total. The van der Waals surface area contributed by atoms with Gasteiger partial charge >= 0.3 is 6.01 Å². The lowest BCUT2D eigenvalue weighted by molar-refractivity contribution is 0.0769. The van der Waals surface area contributed by atoms with Crippen LogP contribution in [0.1, 0.15) is 0 Å². The van der Waals surface area contributed by atoms with Gasteiger partial charge < -0.3 is 10.1 Å². The minimum atomic E-state index is -2.58. The van der Waals surface area contributed by atoms with Crippen molar-refractivity contribution in [1.29, 1.82) is 0 Å². The summed E-state index contributed by atoms with van der Waals surface area (Å²) < 4.78 is 28.1. The first-order chi connectivity index (χ1) is 6.61. The van der Waals surface area contributed by atoms with Gasteiger partial charge in [0.25, 0.3) is 6.43 Å². The highest BCUT2D eigenvalue weighted by atomic mass is 35.5. The number of rotatable bonds is 4. The molecule has 8 heteroatoms. The van der Waals surface area contributed by atoms with Crippen LogP contribution in [0.3, 0.4) is 0 Å². The van der Waals surface area contributed by atoms with Crippen LogP contribution in [-0.2, 0) is 0 Å². The SMILES string of the molecule is CNc1nc(Cl)nc(OCC(F)F)n1. The number of halogens is 3. The Morgan fingerprint density at radius 3 is 2.71 bits per heavy atom. The highest BCUT2D eigenvalue weighted by molar-refractivity contribution is 6.28. The van der Waals surface area contributed by atoms with Gasteiger partial charge in [-0.1, -0.05) is 0 Å². The van der Waals surface area contributed by atoms with Crippen LogP contribution in [0.5, 0.6) is 6.01 Å². The van der Waals surface area contributed by atoms with Crippen molar-refractivity contribution < 1.29 is 13.5 Å². The van der Waals surface area contributed by atoms with Gasteiger partial charge in [0.15, 0.2) is 6.61 Å². The zero-order valence-electron chi connectivity index (χ0n) is 7.17. The molecule has 0 fully saturated rings. The Morgan fingerprint density at radius 1 is 1.43 bits per heavy atom. The fourth-order valence-corrected chi connectivity index (χ4v) is 0.798. The Balaban J connectivity index is 2.71. The lowest BCUT2D eigenvalue weighted by Gasteiger charge is -2.04. The zero-order chi connectivity index (χ0) is 10.6. The summed E-state index contributed by atoms with van der Waals surface area (Å²) in [5.74, 6) is 0.161. The number of hydrogen-bond donors (Lipinski definition) is 1. The fourth-order valence-electron chi connectivity index (χ4n) is 0.646. The molecule has 1 N–H and O–H groups in total. The van der Waals surface area contributed by atoms with E-state index in [9.17, 15) is 8.78 Å². The molecule has 1 aromatic heterocycles. The fraction of sp³-hybridized carbons (Fsp3) is 0.500. The van der Waals surface area contributed by atoms with E-state index in [-0.39, 0.29) is 17.2 Å². The van der Waals surface area contributed by atoms with Crippen LogP contribution >= 0.6 is 11.6 Å². The molecule has 1 rings (SSSR count). The van der Waals surface area contributed by atoms with Crippen molar-refractivity contribution in [2.75, 3.05) is 19.0 Å². The largest absolute Gasteiger partial charge is 0.457 e. The van der Waals surface area contributed by atoms with Crippen LogP contribution in [-0.4, -0.2) is 35.0 Å². The summed E-state index contributed by atoms with van der Waals surface area (Å²) in [4.78, 5) is 10.8. The maximum Gasteiger partial charge on any atom is 0.322 e. The molecule has 1 heterocycles. The molecule has 0 radical (unpaired) electrons. The average molecular weight is 225 g/mol. The van der Waals surface area contributed by atoms with Crippen molar-refractivity contribution in [3.8, 4) is 6.01 Å². The minimum Gasteiger partial charge on any atom is -0.457 e. The van der Waals surface area contributed by atoms with Crippen LogP contribution in [0.2, 0.25) is 5.28 Å². The van der Waals surface area contributed by atoms with E-state index in [4.69, 9.17) is 11.6 Å². The van der Waals surface area contributed by atoms with Gasteiger partial charge in [0.1, 0.15) is 0 Å². The second kappa shape index (κ2) is 4.85. The van der Waals surface area contributed by atoms with Crippen molar-refractivity contribution in [3.05, 3.63) is 5.28 Å². The molecule has 0 aliphatic carbocycles. The second-order valence-electron chi connectivity index (χ2n) is 2.16. The summed E-state index contributed by atoms with van der Waals surface area (Å²) in [5.41, 5.74) is 0. The van der Waals surface area contributed by atoms with Gasteiger partial charge in [-0.2, -0.15) is 15.0 Å². The third-order valence-corrected chi connectivity index (χ3v) is 1.32. The molecule has 0 saturated carbocycles. The van der Waals surface area contributed by atoms with Gasteiger partial charge in [-0.15, -0.1) is 0 Å². The third kappa shape index (κ3) is 3.25. The van der Waals surface area contributed by atoms with E-state index in [0.717, 1.165) is 0 Å². The summed E-state index contributed by atoms with van der Waals surface area (Å²) in [6.45, 7) is -0.774. The summed E-state index contributed by atoms with van der Waals surface area (Å²) >= 11 is 5.47. The zero-order valence-corrected chi connectivity index (χ0v) is 7.92.